The molecule has 0 spiro atoms. The Morgan fingerprint density at radius 2 is 1.57 bits per heavy atom. The summed E-state index contributed by atoms with van der Waals surface area (Å²) in [6.45, 7) is 7.50. The Labute approximate surface area is 353 Å². The number of ether oxygens (including phenoxy) is 3. The van der Waals surface area contributed by atoms with Gasteiger partial charge in [-0.3, -0.25) is 9.78 Å². The number of aromatic nitrogens is 10. The monoisotopic (exact) mass is 864 g/mol. The molecule has 61 heavy (non-hydrogen) atoms. The molecule has 0 unspecified atom stereocenters. The Morgan fingerprint density at radius 3 is 2.28 bits per heavy atom. The first-order chi connectivity index (χ1) is 29.3. The number of H-pyrrole nitrogens is 1. The predicted molar refractivity (Wildman–Crippen MR) is 219 cm³/mol. The third-order valence-corrected chi connectivity index (χ3v) is 10.8. The molecule has 0 radical (unpaired) electrons. The number of rotatable bonds is 14. The molecule has 324 valence electrons. The van der Waals surface area contributed by atoms with Crippen molar-refractivity contribution < 1.29 is 32.6 Å². The smallest absolute Gasteiger partial charge is 0.407 e. The molecule has 5 N–H and O–H groups in total. The average molecular weight is 865 g/mol. The number of methoxy groups -OCH3 is 1. The number of hydrogen-bond donors (Lipinski definition) is 5. The van der Waals surface area contributed by atoms with Crippen LogP contribution in [0.25, 0.3) is 11.0 Å². The lowest BCUT2D eigenvalue weighted by molar-refractivity contribution is 0.0550. The average Bonchev–Trinajstić information content (AvgIpc) is 4.06. The van der Waals surface area contributed by atoms with Crippen LogP contribution in [-0.2, 0) is 27.4 Å². The molecule has 22 heteroatoms. The number of alkyl halides is 2. The molecular weight excluding hydrogens is 818 g/mol. The second-order valence-corrected chi connectivity index (χ2v) is 16.3. The van der Waals surface area contributed by atoms with Crippen LogP contribution in [0.3, 0.4) is 0 Å². The Hall–Kier alpha value is -6.09. The molecule has 0 saturated heterocycles. The van der Waals surface area contributed by atoms with E-state index in [-0.39, 0.29) is 25.2 Å². The molecule has 19 nitrogen and oxygen atoms in total. The summed E-state index contributed by atoms with van der Waals surface area (Å²) in [7, 11) is 1.57. The zero-order valence-electron chi connectivity index (χ0n) is 34.1. The van der Waals surface area contributed by atoms with Gasteiger partial charge in [-0.1, -0.05) is 11.6 Å². The Morgan fingerprint density at radius 1 is 0.885 bits per heavy atom. The van der Waals surface area contributed by atoms with Gasteiger partial charge in [0.15, 0.2) is 23.3 Å². The van der Waals surface area contributed by atoms with Crippen molar-refractivity contribution >= 4 is 58.1 Å². The van der Waals surface area contributed by atoms with Gasteiger partial charge in [-0.2, -0.15) is 20.4 Å². The lowest BCUT2D eigenvalue weighted by atomic mass is 10.0. The van der Waals surface area contributed by atoms with Crippen LogP contribution in [0.15, 0.2) is 43.0 Å². The second kappa shape index (κ2) is 17.5. The summed E-state index contributed by atoms with van der Waals surface area (Å²) < 4.78 is 53.1. The Balaban J connectivity index is 1.09. The highest BCUT2D eigenvalue weighted by Gasteiger charge is 2.43. The molecule has 2 aliphatic rings. The first-order valence-electron chi connectivity index (χ1n) is 20.1. The number of amides is 2. The molecular formula is C39H47ClF2N14O5. The maximum atomic E-state index is 16.3. The summed E-state index contributed by atoms with van der Waals surface area (Å²) in [5.41, 5.74) is 3.33. The zero-order valence-corrected chi connectivity index (χ0v) is 34.9. The van der Waals surface area contributed by atoms with Crippen molar-refractivity contribution in [2.75, 3.05) is 17.7 Å². The number of carbonyl (C=O) groups excluding carboxylic acids is 2. The fourth-order valence-electron chi connectivity index (χ4n) is 7.92. The summed E-state index contributed by atoms with van der Waals surface area (Å²) in [5.74, 6) is 0.244. The lowest BCUT2D eigenvalue weighted by Crippen LogP contribution is -2.36. The molecule has 6 heterocycles. The van der Waals surface area contributed by atoms with Crippen LogP contribution in [0.2, 0.25) is 5.02 Å². The highest BCUT2D eigenvalue weighted by molar-refractivity contribution is 6.34. The molecule has 0 aromatic carbocycles. The van der Waals surface area contributed by atoms with E-state index in [9.17, 15) is 9.59 Å². The Kier molecular flexibility index (Phi) is 11.9. The summed E-state index contributed by atoms with van der Waals surface area (Å²) >= 11 is 6.46. The molecule has 0 bridgehead atoms. The predicted octanol–water partition coefficient (Wildman–Crippen LogP) is 6.46. The maximum absolute atomic E-state index is 16.3. The number of carbonyl (C=O) groups is 2. The highest BCUT2D eigenvalue weighted by atomic mass is 35.5. The molecule has 6 aromatic heterocycles. The molecule has 2 saturated carbocycles. The van der Waals surface area contributed by atoms with Gasteiger partial charge in [-0.15, -0.1) is 0 Å². The number of alkyl carbamates (subject to hydrolysis) is 2. The number of nitrogens with one attached hydrogen (secondary N) is 5. The topological polar surface area (TPSA) is 217 Å². The van der Waals surface area contributed by atoms with Crippen molar-refractivity contribution in [1.82, 2.24) is 59.8 Å². The van der Waals surface area contributed by atoms with Gasteiger partial charge in [-0.05, 0) is 59.4 Å². The van der Waals surface area contributed by atoms with E-state index in [4.69, 9.17) is 41.0 Å². The second-order valence-electron chi connectivity index (χ2n) is 15.9. The van der Waals surface area contributed by atoms with E-state index >= 15 is 8.78 Å². The van der Waals surface area contributed by atoms with Crippen LogP contribution in [0.5, 0.6) is 0 Å². The van der Waals surface area contributed by atoms with Gasteiger partial charge in [0.2, 0.25) is 0 Å². The third-order valence-electron chi connectivity index (χ3n) is 10.6. The van der Waals surface area contributed by atoms with Crippen molar-refractivity contribution in [3.05, 3.63) is 70.8 Å². The number of aromatic amines is 1. The van der Waals surface area contributed by atoms with Gasteiger partial charge in [0.1, 0.15) is 35.6 Å². The SMILES string of the molecule is COCc1cc2c(Nc3cc([C@H]4CC[C@@H](OC(=O)NC(C)C)[C@H]4F)[nH]n3)nc(Cn3nc(Nc4nccn5ncc(Cl)c45)cc3[C@@H]3CC[C@H](OC(=O)NC(C)C)[C@@H]3F)cn2n1. The van der Waals surface area contributed by atoms with Crippen LogP contribution in [-0.4, -0.2) is 105 Å². The molecule has 6 aromatic rings. The number of halogens is 3. The molecule has 8 rings (SSSR count). The number of hydrogen-bond acceptors (Lipinski definition) is 13. The first-order valence-corrected chi connectivity index (χ1v) is 20.5. The minimum Gasteiger partial charge on any atom is -0.443 e. The molecule has 2 aliphatic carbocycles. The van der Waals surface area contributed by atoms with Gasteiger partial charge >= 0.3 is 12.2 Å². The van der Waals surface area contributed by atoms with Crippen molar-refractivity contribution in [1.29, 1.82) is 0 Å². The van der Waals surface area contributed by atoms with E-state index < -0.39 is 48.6 Å². The van der Waals surface area contributed by atoms with Crippen molar-refractivity contribution in [3.8, 4) is 0 Å². The highest BCUT2D eigenvalue weighted by Crippen LogP contribution is 2.41. The van der Waals surface area contributed by atoms with Crippen molar-refractivity contribution in [2.24, 2.45) is 0 Å². The van der Waals surface area contributed by atoms with Gasteiger partial charge < -0.3 is 35.5 Å². The fourth-order valence-corrected chi connectivity index (χ4v) is 8.14. The van der Waals surface area contributed by atoms with Crippen LogP contribution < -0.4 is 21.3 Å². The van der Waals surface area contributed by atoms with Crippen LogP contribution in [0.4, 0.5) is 41.6 Å². The largest absolute Gasteiger partial charge is 0.443 e. The van der Waals surface area contributed by atoms with Crippen molar-refractivity contribution in [2.45, 2.75) is 115 Å². The van der Waals surface area contributed by atoms with Gasteiger partial charge in [0.25, 0.3) is 0 Å². The van der Waals surface area contributed by atoms with Gasteiger partial charge in [-0.25, -0.2) is 37.4 Å². The van der Waals surface area contributed by atoms with E-state index in [1.807, 2.05) is 6.07 Å². The number of anilines is 4. The van der Waals surface area contributed by atoms with E-state index in [0.29, 0.717) is 87.8 Å². The third kappa shape index (κ3) is 9.02. The lowest BCUT2D eigenvalue weighted by Gasteiger charge is -2.20. The molecule has 6 atom stereocenters. The van der Waals surface area contributed by atoms with Gasteiger partial charge in [0.05, 0.1) is 42.0 Å². The minimum absolute atomic E-state index is 0.0674. The molecule has 0 aliphatic heterocycles. The van der Waals surface area contributed by atoms with E-state index in [1.165, 1.54) is 6.20 Å². The van der Waals surface area contributed by atoms with Crippen LogP contribution in [0.1, 0.15) is 88.0 Å². The summed E-state index contributed by atoms with van der Waals surface area (Å²) in [6.07, 6.45) is 1.85. The molecule has 2 amide bonds. The summed E-state index contributed by atoms with van der Waals surface area (Å²) in [4.78, 5) is 34.1. The summed E-state index contributed by atoms with van der Waals surface area (Å²) in [6, 6.07) is 4.96. The van der Waals surface area contributed by atoms with E-state index in [0.717, 1.165) is 0 Å². The van der Waals surface area contributed by atoms with Crippen molar-refractivity contribution in [3.63, 3.8) is 0 Å². The van der Waals surface area contributed by atoms with E-state index in [2.05, 4.69) is 41.5 Å². The normalized spacial score (nSPS) is 21.5. The van der Waals surface area contributed by atoms with Crippen LogP contribution >= 0.6 is 11.6 Å². The standard InChI is InChI=1S/C39H47ClF2N14O5/c1-19(2)45-38(57)60-29-8-6-23(33(29)41)26-13-31(51-50-26)48-36-28-12-21(18-59-5)52-56(28)17-22(47-36)16-55-27(24-7-9-30(34(24)42)61-39(58)46-20(3)4)14-32(53-55)49-37-35-25(40)15-44-54(35)11-10-43-37/h10-15,17,19-20,23-24,29-30,33-34H,6-9,16,18H2,1-5H3,(H,45,57)(H,46,58)(H,43,49,53)(H2,47,48,50,51)/t23-,24+,29-,30+,33+,34-/m1/s1. The fraction of sp³-hybridized carbons (Fsp3) is 0.487. The van der Waals surface area contributed by atoms with Crippen LogP contribution in [0, 0.1) is 0 Å². The Bertz CT molecular complexity index is 2520. The summed E-state index contributed by atoms with van der Waals surface area (Å²) in [5, 5.41) is 33.3. The number of fused-ring (bicyclic) bond motifs is 2. The number of nitrogens with zero attached hydrogens (tertiary/aromatic N) is 9. The molecule has 2 fully saturated rings. The van der Waals surface area contributed by atoms with E-state index in [1.54, 1.807) is 79.2 Å². The zero-order chi connectivity index (χ0) is 42.9. The quantitative estimate of drug-likeness (QED) is 0.0795. The maximum Gasteiger partial charge on any atom is 0.407 e. The van der Waals surface area contributed by atoms with Gasteiger partial charge in [0, 0.05) is 66.9 Å². The first kappa shape index (κ1) is 41.6. The minimum atomic E-state index is -1.53.